The molecule has 0 aliphatic rings. The highest BCUT2D eigenvalue weighted by atomic mass is 16.5. The van der Waals surface area contributed by atoms with Crippen LogP contribution in [-0.2, 0) is 0 Å². The largest absolute Gasteiger partial charge is 0.496 e. The minimum atomic E-state index is 0.468. The van der Waals surface area contributed by atoms with Crippen LogP contribution in [0.2, 0.25) is 0 Å². The average molecular weight is 253 g/mol. The predicted octanol–water partition coefficient (Wildman–Crippen LogP) is 3.20. The Kier molecular flexibility index (Phi) is 3.58. The molecule has 4 heteroatoms. The summed E-state index contributed by atoms with van der Waals surface area (Å²) in [4.78, 5) is 0. The third-order valence-corrected chi connectivity index (χ3v) is 2.86. The Morgan fingerprint density at radius 1 is 1.16 bits per heavy atom. The molecule has 0 atom stereocenters. The molecule has 0 radical (unpaired) electrons. The van der Waals surface area contributed by atoms with Crippen LogP contribution in [0.3, 0.4) is 0 Å². The normalized spacial score (nSPS) is 9.74. The zero-order valence-corrected chi connectivity index (χ0v) is 10.9. The van der Waals surface area contributed by atoms with Crippen molar-refractivity contribution >= 4 is 17.1 Å². The fourth-order valence-corrected chi connectivity index (χ4v) is 1.85. The van der Waals surface area contributed by atoms with Gasteiger partial charge in [-0.15, -0.1) is 0 Å². The maximum Gasteiger partial charge on any atom is 0.121 e. The Labute approximate surface area is 112 Å². The molecular formula is C15H15N3O. The summed E-state index contributed by atoms with van der Waals surface area (Å²) < 4.78 is 5.22. The lowest BCUT2D eigenvalue weighted by Gasteiger charge is -2.10. The SMILES string of the molecule is COc1ccc(Nc2ccc(N)c(C#N)c2)cc1C. The highest BCUT2D eigenvalue weighted by Crippen LogP contribution is 2.25. The number of nitrogens with one attached hydrogen (secondary N) is 1. The quantitative estimate of drug-likeness (QED) is 0.824. The first-order valence-electron chi connectivity index (χ1n) is 5.85. The second-order valence-corrected chi connectivity index (χ2v) is 4.22. The van der Waals surface area contributed by atoms with E-state index in [4.69, 9.17) is 15.7 Å². The number of hydrogen-bond donors (Lipinski definition) is 2. The van der Waals surface area contributed by atoms with Crippen molar-refractivity contribution in [2.24, 2.45) is 0 Å². The van der Waals surface area contributed by atoms with Gasteiger partial charge in [0, 0.05) is 17.1 Å². The van der Waals surface area contributed by atoms with Crippen LogP contribution in [0.1, 0.15) is 11.1 Å². The molecule has 3 N–H and O–H groups in total. The maximum absolute atomic E-state index is 8.95. The standard InChI is InChI=1S/C15H15N3O/c1-10-7-12(4-6-15(10)19-2)18-13-3-5-14(17)11(8-13)9-16/h3-8,18H,17H2,1-2H3. The number of rotatable bonds is 3. The molecule has 0 unspecified atom stereocenters. The topological polar surface area (TPSA) is 71.1 Å². The number of nitrogens with two attached hydrogens (primary N) is 1. The second kappa shape index (κ2) is 5.32. The van der Waals surface area contributed by atoms with Gasteiger partial charge >= 0.3 is 0 Å². The zero-order valence-electron chi connectivity index (χ0n) is 10.9. The second-order valence-electron chi connectivity index (χ2n) is 4.22. The number of methoxy groups -OCH3 is 1. The molecule has 0 saturated heterocycles. The van der Waals surface area contributed by atoms with Crippen molar-refractivity contribution in [3.63, 3.8) is 0 Å². The Morgan fingerprint density at radius 3 is 2.47 bits per heavy atom. The first-order chi connectivity index (χ1) is 9.13. The van der Waals surface area contributed by atoms with E-state index in [-0.39, 0.29) is 0 Å². The summed E-state index contributed by atoms with van der Waals surface area (Å²) in [6.07, 6.45) is 0. The van der Waals surface area contributed by atoms with Crippen LogP contribution in [0.15, 0.2) is 36.4 Å². The van der Waals surface area contributed by atoms with E-state index >= 15 is 0 Å². The van der Waals surface area contributed by atoms with Gasteiger partial charge < -0.3 is 15.8 Å². The van der Waals surface area contributed by atoms with E-state index in [1.165, 1.54) is 0 Å². The lowest BCUT2D eigenvalue weighted by Crippen LogP contribution is -1.95. The smallest absolute Gasteiger partial charge is 0.121 e. The molecule has 2 aromatic carbocycles. The Hall–Kier alpha value is -2.67. The van der Waals surface area contributed by atoms with Crippen molar-refractivity contribution in [3.05, 3.63) is 47.5 Å². The molecule has 19 heavy (non-hydrogen) atoms. The van der Waals surface area contributed by atoms with Crippen LogP contribution in [0.25, 0.3) is 0 Å². The number of anilines is 3. The van der Waals surface area contributed by atoms with Gasteiger partial charge in [-0.05, 0) is 48.9 Å². The molecular weight excluding hydrogens is 238 g/mol. The van der Waals surface area contributed by atoms with Crippen LogP contribution in [0, 0.1) is 18.3 Å². The molecule has 2 rings (SSSR count). The van der Waals surface area contributed by atoms with Gasteiger partial charge in [0.15, 0.2) is 0 Å². The molecule has 0 aliphatic carbocycles. The summed E-state index contributed by atoms with van der Waals surface area (Å²) in [5.41, 5.74) is 9.45. The van der Waals surface area contributed by atoms with Gasteiger partial charge in [0.25, 0.3) is 0 Å². The summed E-state index contributed by atoms with van der Waals surface area (Å²) in [5.74, 6) is 0.848. The molecule has 0 aromatic heterocycles. The lowest BCUT2D eigenvalue weighted by molar-refractivity contribution is 0.412. The van der Waals surface area contributed by atoms with E-state index in [0.29, 0.717) is 11.3 Å². The van der Waals surface area contributed by atoms with Crippen molar-refractivity contribution in [2.45, 2.75) is 6.92 Å². The van der Waals surface area contributed by atoms with Crippen LogP contribution in [0.5, 0.6) is 5.75 Å². The summed E-state index contributed by atoms with van der Waals surface area (Å²) in [5, 5.41) is 12.2. The van der Waals surface area contributed by atoms with E-state index in [1.54, 1.807) is 19.2 Å². The Bertz CT molecular complexity index is 644. The van der Waals surface area contributed by atoms with Gasteiger partial charge in [-0.2, -0.15) is 5.26 Å². The van der Waals surface area contributed by atoms with Crippen LogP contribution in [-0.4, -0.2) is 7.11 Å². The molecule has 2 aromatic rings. The van der Waals surface area contributed by atoms with Gasteiger partial charge in [-0.25, -0.2) is 0 Å². The number of benzene rings is 2. The van der Waals surface area contributed by atoms with E-state index in [9.17, 15) is 0 Å². The van der Waals surface area contributed by atoms with Gasteiger partial charge in [-0.1, -0.05) is 0 Å². The first kappa shape index (κ1) is 12.8. The highest BCUT2D eigenvalue weighted by Gasteiger charge is 2.03. The monoisotopic (exact) mass is 253 g/mol. The summed E-state index contributed by atoms with van der Waals surface area (Å²) in [6, 6.07) is 13.2. The number of aryl methyl sites for hydroxylation is 1. The molecule has 0 spiro atoms. The molecule has 96 valence electrons. The summed E-state index contributed by atoms with van der Waals surface area (Å²) in [7, 11) is 1.65. The maximum atomic E-state index is 8.95. The van der Waals surface area contributed by atoms with E-state index in [2.05, 4.69) is 11.4 Å². The van der Waals surface area contributed by atoms with Crippen LogP contribution < -0.4 is 15.8 Å². The van der Waals surface area contributed by atoms with Gasteiger partial charge in [-0.3, -0.25) is 0 Å². The molecule has 4 nitrogen and oxygen atoms in total. The van der Waals surface area contributed by atoms with Crippen molar-refractivity contribution in [2.75, 3.05) is 18.2 Å². The van der Waals surface area contributed by atoms with Gasteiger partial charge in [0.2, 0.25) is 0 Å². The summed E-state index contributed by atoms with van der Waals surface area (Å²) >= 11 is 0. The molecule has 0 amide bonds. The lowest BCUT2D eigenvalue weighted by atomic mass is 10.1. The minimum Gasteiger partial charge on any atom is -0.496 e. The van der Waals surface area contributed by atoms with Crippen molar-refractivity contribution in [1.82, 2.24) is 0 Å². The number of nitrogens with zero attached hydrogens (tertiary/aromatic N) is 1. The zero-order chi connectivity index (χ0) is 13.8. The van der Waals surface area contributed by atoms with Crippen molar-refractivity contribution in [3.8, 4) is 11.8 Å². The van der Waals surface area contributed by atoms with Crippen molar-refractivity contribution < 1.29 is 4.74 Å². The van der Waals surface area contributed by atoms with E-state index in [0.717, 1.165) is 22.7 Å². The molecule has 0 heterocycles. The van der Waals surface area contributed by atoms with Crippen molar-refractivity contribution in [1.29, 1.82) is 5.26 Å². The van der Waals surface area contributed by atoms with E-state index in [1.807, 2.05) is 31.2 Å². The van der Waals surface area contributed by atoms with Gasteiger partial charge in [0.1, 0.15) is 11.8 Å². The first-order valence-corrected chi connectivity index (χ1v) is 5.85. The number of ether oxygens (including phenoxy) is 1. The third-order valence-electron chi connectivity index (χ3n) is 2.86. The van der Waals surface area contributed by atoms with Gasteiger partial charge in [0.05, 0.1) is 12.7 Å². The fourth-order valence-electron chi connectivity index (χ4n) is 1.85. The number of nitriles is 1. The fraction of sp³-hybridized carbons (Fsp3) is 0.133. The third kappa shape index (κ3) is 2.78. The molecule has 0 fully saturated rings. The van der Waals surface area contributed by atoms with Crippen LogP contribution >= 0.6 is 0 Å². The molecule has 0 saturated carbocycles. The van der Waals surface area contributed by atoms with E-state index < -0.39 is 0 Å². The Balaban J connectivity index is 2.26. The number of nitrogen functional groups attached to an aromatic ring is 1. The van der Waals surface area contributed by atoms with Crippen LogP contribution in [0.4, 0.5) is 17.1 Å². The predicted molar refractivity (Wildman–Crippen MR) is 76.6 cm³/mol. The highest BCUT2D eigenvalue weighted by molar-refractivity contribution is 5.67. The number of hydrogen-bond acceptors (Lipinski definition) is 4. The average Bonchev–Trinajstić information content (AvgIpc) is 2.41. The molecule has 0 aliphatic heterocycles. The Morgan fingerprint density at radius 2 is 1.84 bits per heavy atom. The summed E-state index contributed by atoms with van der Waals surface area (Å²) in [6.45, 7) is 1.98. The minimum absolute atomic E-state index is 0.468. The molecule has 0 bridgehead atoms.